The lowest BCUT2D eigenvalue weighted by molar-refractivity contribution is -0.601. The van der Waals surface area contributed by atoms with Gasteiger partial charge in [-0.3, -0.25) is 0 Å². The Balaban J connectivity index is 0.000001000. The van der Waals surface area contributed by atoms with E-state index in [0.29, 0.717) is 5.54 Å². The summed E-state index contributed by atoms with van der Waals surface area (Å²) < 4.78 is 2.76. The highest BCUT2D eigenvalue weighted by Crippen LogP contribution is 2.42. The van der Waals surface area contributed by atoms with Crippen LogP contribution in [0.1, 0.15) is 36.8 Å². The second kappa shape index (κ2) is 4.68. The highest BCUT2D eigenvalue weighted by molar-refractivity contribution is 8.14. The molecule has 0 bridgehead atoms. The fraction of sp³-hybridized carbons (Fsp3) is 0.533. The maximum absolute atomic E-state index is 2.76. The second-order valence-corrected chi connectivity index (χ2v) is 6.65. The molecule has 1 spiro atoms. The number of hydrogen-bond acceptors (Lipinski definition) is 1. The van der Waals surface area contributed by atoms with E-state index in [-0.39, 0.29) is 17.0 Å². The van der Waals surface area contributed by atoms with Crippen molar-refractivity contribution in [3.05, 3.63) is 35.4 Å². The van der Waals surface area contributed by atoms with E-state index >= 15 is 0 Å². The van der Waals surface area contributed by atoms with E-state index in [0.717, 1.165) is 0 Å². The molecule has 1 nitrogen and oxygen atoms in total. The van der Waals surface area contributed by atoms with Gasteiger partial charge in [-0.25, -0.2) is 4.58 Å². The SMILES string of the molecule is [Br-].c1ccc2c(c1)CC1(CCCC1)[N+]1=C2SCC1. The summed E-state index contributed by atoms with van der Waals surface area (Å²) in [6.45, 7) is 1.27. The Bertz CT molecular complexity index is 503. The first-order chi connectivity index (χ1) is 8.39. The van der Waals surface area contributed by atoms with Crippen LogP contribution in [0.3, 0.4) is 0 Å². The van der Waals surface area contributed by atoms with Gasteiger partial charge in [0.05, 0.1) is 11.3 Å². The minimum Gasteiger partial charge on any atom is -1.00 e. The van der Waals surface area contributed by atoms with Crippen LogP contribution >= 0.6 is 11.8 Å². The molecular weight excluding hydrogens is 306 g/mol. The monoisotopic (exact) mass is 323 g/mol. The molecule has 1 aliphatic carbocycles. The summed E-state index contributed by atoms with van der Waals surface area (Å²) in [5.41, 5.74) is 3.61. The predicted octanol–water partition coefficient (Wildman–Crippen LogP) is 0.0654. The molecule has 1 aromatic carbocycles. The highest BCUT2D eigenvalue weighted by Gasteiger charge is 2.50. The lowest BCUT2D eigenvalue weighted by Gasteiger charge is -2.30. The summed E-state index contributed by atoms with van der Waals surface area (Å²) in [6.07, 6.45) is 6.96. The van der Waals surface area contributed by atoms with Crippen LogP contribution in [0.5, 0.6) is 0 Å². The lowest BCUT2D eigenvalue weighted by atomic mass is 9.84. The van der Waals surface area contributed by atoms with Crippen LogP contribution in [0, 0.1) is 0 Å². The molecule has 4 rings (SSSR count). The molecule has 3 heteroatoms. The van der Waals surface area contributed by atoms with E-state index in [9.17, 15) is 0 Å². The first-order valence-electron chi connectivity index (χ1n) is 6.75. The standard InChI is InChI=1S/C15H18NS.BrH/c1-2-6-13-12(5-1)11-15(7-3-4-8-15)16-9-10-17-14(13)16;/h1-2,5-6H,3-4,7-11H2;1H/q+1;/p-1. The fourth-order valence-corrected chi connectivity index (χ4v) is 5.16. The van der Waals surface area contributed by atoms with Gasteiger partial charge in [-0.1, -0.05) is 30.0 Å². The van der Waals surface area contributed by atoms with Gasteiger partial charge in [0.25, 0.3) is 0 Å². The Hall–Kier alpha value is -0.280. The Labute approximate surface area is 123 Å². The van der Waals surface area contributed by atoms with Crippen LogP contribution in [-0.2, 0) is 6.42 Å². The summed E-state index contributed by atoms with van der Waals surface area (Å²) in [5, 5.41) is 1.58. The second-order valence-electron chi connectivity index (χ2n) is 5.57. The normalized spacial score (nSPS) is 23.8. The molecule has 0 radical (unpaired) electrons. The van der Waals surface area contributed by atoms with E-state index in [1.54, 1.807) is 10.6 Å². The molecule has 0 aromatic heterocycles. The third-order valence-electron chi connectivity index (χ3n) is 4.67. The molecule has 1 fully saturated rings. The summed E-state index contributed by atoms with van der Waals surface area (Å²) in [5.74, 6) is 1.28. The van der Waals surface area contributed by atoms with Crippen molar-refractivity contribution < 1.29 is 21.6 Å². The van der Waals surface area contributed by atoms with Gasteiger partial charge in [0.2, 0.25) is 5.04 Å². The third kappa shape index (κ3) is 1.70. The van der Waals surface area contributed by atoms with Crippen LogP contribution in [0.2, 0.25) is 0 Å². The Morgan fingerprint density at radius 3 is 2.72 bits per heavy atom. The third-order valence-corrected chi connectivity index (χ3v) is 5.77. The van der Waals surface area contributed by atoms with E-state index in [1.807, 2.05) is 0 Å². The van der Waals surface area contributed by atoms with Crippen LogP contribution in [-0.4, -0.2) is 27.5 Å². The average Bonchev–Trinajstić information content (AvgIpc) is 2.99. The van der Waals surface area contributed by atoms with Crippen molar-refractivity contribution in [2.45, 2.75) is 37.6 Å². The first kappa shape index (κ1) is 12.7. The zero-order chi connectivity index (χ0) is 11.3. The van der Waals surface area contributed by atoms with Crippen molar-refractivity contribution in [1.82, 2.24) is 0 Å². The molecule has 0 atom stereocenters. The minimum atomic E-state index is 0. The largest absolute Gasteiger partial charge is 1.00 e. The fourth-order valence-electron chi connectivity index (χ4n) is 3.90. The molecule has 0 N–H and O–H groups in total. The topological polar surface area (TPSA) is 3.01 Å². The Kier molecular flexibility index (Phi) is 3.31. The summed E-state index contributed by atoms with van der Waals surface area (Å²) in [4.78, 5) is 0. The van der Waals surface area contributed by atoms with Crippen molar-refractivity contribution in [3.63, 3.8) is 0 Å². The van der Waals surface area contributed by atoms with Crippen molar-refractivity contribution in [1.29, 1.82) is 0 Å². The van der Waals surface area contributed by atoms with Gasteiger partial charge in [-0.15, -0.1) is 0 Å². The van der Waals surface area contributed by atoms with Gasteiger partial charge in [0, 0.05) is 19.3 Å². The number of rotatable bonds is 0. The van der Waals surface area contributed by atoms with E-state index in [1.165, 1.54) is 50.0 Å². The van der Waals surface area contributed by atoms with Crippen molar-refractivity contribution in [2.24, 2.45) is 0 Å². The zero-order valence-electron chi connectivity index (χ0n) is 10.5. The number of thioether (sulfide) groups is 1. The molecule has 1 aromatic rings. The summed E-state index contributed by atoms with van der Waals surface area (Å²) in [6, 6.07) is 9.06. The van der Waals surface area contributed by atoms with Gasteiger partial charge < -0.3 is 17.0 Å². The van der Waals surface area contributed by atoms with E-state index in [2.05, 4.69) is 40.6 Å². The highest BCUT2D eigenvalue weighted by atomic mass is 79.9. The molecule has 2 heterocycles. The molecule has 1 saturated carbocycles. The first-order valence-corrected chi connectivity index (χ1v) is 7.73. The molecular formula is C15H18BrNS. The number of halogens is 1. The summed E-state index contributed by atoms with van der Waals surface area (Å²) in [7, 11) is 0. The van der Waals surface area contributed by atoms with Crippen LogP contribution in [0.4, 0.5) is 0 Å². The summed E-state index contributed by atoms with van der Waals surface area (Å²) >= 11 is 2.07. The predicted molar refractivity (Wildman–Crippen MR) is 73.0 cm³/mol. The number of benzene rings is 1. The van der Waals surface area contributed by atoms with Gasteiger partial charge in [0.15, 0.2) is 12.1 Å². The van der Waals surface area contributed by atoms with Gasteiger partial charge in [-0.2, -0.15) is 0 Å². The van der Waals surface area contributed by atoms with Crippen LogP contribution in [0.15, 0.2) is 24.3 Å². The molecule has 0 unspecified atom stereocenters. The molecule has 96 valence electrons. The Morgan fingerprint density at radius 1 is 1.11 bits per heavy atom. The van der Waals surface area contributed by atoms with Crippen molar-refractivity contribution >= 4 is 16.8 Å². The number of nitrogens with zero attached hydrogens (tertiary/aromatic N) is 1. The van der Waals surface area contributed by atoms with Crippen molar-refractivity contribution in [3.8, 4) is 0 Å². The average molecular weight is 324 g/mol. The van der Waals surface area contributed by atoms with Gasteiger partial charge >= 0.3 is 0 Å². The van der Waals surface area contributed by atoms with E-state index < -0.39 is 0 Å². The van der Waals surface area contributed by atoms with Crippen LogP contribution in [0.25, 0.3) is 0 Å². The Morgan fingerprint density at radius 2 is 1.89 bits per heavy atom. The number of hydrogen-bond donors (Lipinski definition) is 0. The van der Waals surface area contributed by atoms with Crippen molar-refractivity contribution in [2.75, 3.05) is 12.3 Å². The molecule has 0 amide bonds. The molecule has 18 heavy (non-hydrogen) atoms. The smallest absolute Gasteiger partial charge is 0.243 e. The molecule has 3 aliphatic rings. The van der Waals surface area contributed by atoms with E-state index in [4.69, 9.17) is 0 Å². The van der Waals surface area contributed by atoms with Gasteiger partial charge in [0.1, 0.15) is 0 Å². The number of fused-ring (bicyclic) bond motifs is 3. The quantitative estimate of drug-likeness (QED) is 0.610. The maximum atomic E-state index is 2.76. The molecule has 0 saturated heterocycles. The minimum absolute atomic E-state index is 0. The van der Waals surface area contributed by atoms with Gasteiger partial charge in [-0.05, 0) is 24.5 Å². The molecule has 2 aliphatic heterocycles. The lowest BCUT2D eigenvalue weighted by Crippen LogP contribution is -3.00. The van der Waals surface area contributed by atoms with Crippen LogP contribution < -0.4 is 17.0 Å². The maximum Gasteiger partial charge on any atom is 0.243 e. The zero-order valence-corrected chi connectivity index (χ0v) is 12.9.